The van der Waals surface area contributed by atoms with Crippen LogP contribution in [0.3, 0.4) is 0 Å². The average Bonchev–Trinajstić information content (AvgIpc) is 2.36. The van der Waals surface area contributed by atoms with Crippen molar-refractivity contribution in [3.63, 3.8) is 0 Å². The van der Waals surface area contributed by atoms with Gasteiger partial charge in [0.2, 0.25) is 0 Å². The Balaban J connectivity index is 2.62. The lowest BCUT2D eigenvalue weighted by Gasteiger charge is -2.16. The van der Waals surface area contributed by atoms with Gasteiger partial charge in [-0.15, -0.1) is 0 Å². The molecule has 0 saturated heterocycles. The van der Waals surface area contributed by atoms with E-state index in [9.17, 15) is 22.4 Å². The molecule has 0 radical (unpaired) electrons. The highest BCUT2D eigenvalue weighted by atomic mass is 19.2. The number of carbonyl (C=O) groups is 1. The van der Waals surface area contributed by atoms with Gasteiger partial charge in [0.15, 0.2) is 17.5 Å². The minimum absolute atomic E-state index is 0.0427. The van der Waals surface area contributed by atoms with Gasteiger partial charge in [0.25, 0.3) is 0 Å². The summed E-state index contributed by atoms with van der Waals surface area (Å²) in [6.45, 7) is 1.05. The number of benzene rings is 1. The molecule has 0 aromatic heterocycles. The van der Waals surface area contributed by atoms with E-state index in [4.69, 9.17) is 0 Å². The Hall–Kier alpha value is -1.65. The Bertz CT molecular complexity index is 532. The first-order chi connectivity index (χ1) is 8.43. The molecule has 0 saturated carbocycles. The SMILES string of the molecule is Cc1c(F)c(F)c(F)c(C2=CCC(=O)CC2)c1F. The van der Waals surface area contributed by atoms with Gasteiger partial charge in [0.1, 0.15) is 11.6 Å². The van der Waals surface area contributed by atoms with Gasteiger partial charge in [0.05, 0.1) is 5.56 Å². The lowest BCUT2D eigenvalue weighted by molar-refractivity contribution is -0.118. The van der Waals surface area contributed by atoms with E-state index in [-0.39, 0.29) is 30.6 Å². The van der Waals surface area contributed by atoms with Crippen LogP contribution in [0.15, 0.2) is 6.08 Å². The van der Waals surface area contributed by atoms with E-state index >= 15 is 0 Å². The van der Waals surface area contributed by atoms with Crippen LogP contribution in [0.2, 0.25) is 0 Å². The van der Waals surface area contributed by atoms with E-state index in [1.54, 1.807) is 0 Å². The van der Waals surface area contributed by atoms with E-state index in [2.05, 4.69) is 0 Å². The van der Waals surface area contributed by atoms with Crippen molar-refractivity contribution in [2.45, 2.75) is 26.2 Å². The molecule has 0 fully saturated rings. The van der Waals surface area contributed by atoms with Crippen molar-refractivity contribution in [3.05, 3.63) is 40.5 Å². The number of hydrogen-bond acceptors (Lipinski definition) is 1. The molecule has 0 heterocycles. The fourth-order valence-electron chi connectivity index (χ4n) is 1.98. The third-order valence-corrected chi connectivity index (χ3v) is 3.05. The van der Waals surface area contributed by atoms with Crippen LogP contribution in [0.1, 0.15) is 30.4 Å². The second-order valence-electron chi connectivity index (χ2n) is 4.23. The monoisotopic (exact) mass is 258 g/mol. The molecular formula is C13H10F4O. The molecule has 1 aromatic carbocycles. The summed E-state index contributed by atoms with van der Waals surface area (Å²) in [6, 6.07) is 0. The maximum atomic E-state index is 13.8. The van der Waals surface area contributed by atoms with Crippen molar-refractivity contribution in [1.29, 1.82) is 0 Å². The highest BCUT2D eigenvalue weighted by Crippen LogP contribution is 2.33. The summed E-state index contributed by atoms with van der Waals surface area (Å²) in [4.78, 5) is 11.0. The van der Waals surface area contributed by atoms with Gasteiger partial charge in [-0.05, 0) is 18.9 Å². The van der Waals surface area contributed by atoms with E-state index in [1.807, 2.05) is 0 Å². The number of allylic oxidation sites excluding steroid dienone is 2. The predicted molar refractivity (Wildman–Crippen MR) is 57.8 cm³/mol. The number of carbonyl (C=O) groups excluding carboxylic acids is 1. The summed E-state index contributed by atoms with van der Waals surface area (Å²) >= 11 is 0. The quantitative estimate of drug-likeness (QED) is 0.426. The topological polar surface area (TPSA) is 17.1 Å². The highest BCUT2D eigenvalue weighted by molar-refractivity contribution is 5.87. The molecule has 0 aliphatic heterocycles. The Kier molecular flexibility index (Phi) is 3.24. The molecule has 1 aliphatic carbocycles. The summed E-state index contributed by atoms with van der Waals surface area (Å²) in [6.07, 6.45) is 1.72. The summed E-state index contributed by atoms with van der Waals surface area (Å²) in [7, 11) is 0. The molecule has 96 valence electrons. The van der Waals surface area contributed by atoms with Crippen LogP contribution < -0.4 is 0 Å². The second kappa shape index (κ2) is 4.55. The molecule has 1 aliphatic rings. The first-order valence-corrected chi connectivity index (χ1v) is 5.47. The summed E-state index contributed by atoms with van der Waals surface area (Å²) in [5, 5.41) is 0. The molecule has 5 heteroatoms. The van der Waals surface area contributed by atoms with Crippen LogP contribution in [0.25, 0.3) is 5.57 Å². The third kappa shape index (κ3) is 1.94. The van der Waals surface area contributed by atoms with Gasteiger partial charge in [-0.2, -0.15) is 0 Å². The predicted octanol–water partition coefficient (Wildman–Crippen LogP) is 3.69. The van der Waals surface area contributed by atoms with Gasteiger partial charge in [-0.1, -0.05) is 6.08 Å². The summed E-state index contributed by atoms with van der Waals surface area (Å²) in [5.41, 5.74) is -0.896. The van der Waals surface area contributed by atoms with Gasteiger partial charge in [0, 0.05) is 18.4 Å². The normalized spacial score (nSPS) is 15.8. The number of ketones is 1. The zero-order valence-corrected chi connectivity index (χ0v) is 9.62. The van der Waals surface area contributed by atoms with Crippen LogP contribution in [0.4, 0.5) is 17.6 Å². The average molecular weight is 258 g/mol. The standard InChI is InChI=1S/C13H10F4O/c1-6-10(14)9(12(16)13(17)11(6)15)7-2-4-8(18)5-3-7/h2H,3-5H2,1H3. The van der Waals surface area contributed by atoms with Crippen LogP contribution in [0, 0.1) is 30.2 Å². The van der Waals surface area contributed by atoms with Gasteiger partial charge in [-0.3, -0.25) is 4.79 Å². The van der Waals surface area contributed by atoms with E-state index < -0.39 is 34.4 Å². The fourth-order valence-corrected chi connectivity index (χ4v) is 1.98. The Labute approximate surface area is 101 Å². The molecule has 0 spiro atoms. The van der Waals surface area contributed by atoms with Crippen molar-refractivity contribution >= 4 is 11.4 Å². The Morgan fingerprint density at radius 2 is 1.61 bits per heavy atom. The van der Waals surface area contributed by atoms with Gasteiger partial charge in [-0.25, -0.2) is 17.6 Å². The number of rotatable bonds is 1. The molecular weight excluding hydrogens is 248 g/mol. The van der Waals surface area contributed by atoms with Crippen LogP contribution in [-0.2, 0) is 4.79 Å². The van der Waals surface area contributed by atoms with Crippen molar-refractivity contribution in [3.8, 4) is 0 Å². The van der Waals surface area contributed by atoms with Crippen molar-refractivity contribution in [2.75, 3.05) is 0 Å². The fraction of sp³-hybridized carbons (Fsp3) is 0.308. The smallest absolute Gasteiger partial charge is 0.195 e. The van der Waals surface area contributed by atoms with Crippen LogP contribution in [-0.4, -0.2) is 5.78 Å². The highest BCUT2D eigenvalue weighted by Gasteiger charge is 2.26. The summed E-state index contributed by atoms with van der Waals surface area (Å²) in [5.74, 6) is -5.87. The van der Waals surface area contributed by atoms with Crippen molar-refractivity contribution in [1.82, 2.24) is 0 Å². The molecule has 0 bridgehead atoms. The second-order valence-corrected chi connectivity index (χ2v) is 4.23. The molecule has 0 atom stereocenters. The number of halogens is 4. The van der Waals surface area contributed by atoms with E-state index in [0.717, 1.165) is 6.92 Å². The maximum absolute atomic E-state index is 13.8. The lowest BCUT2D eigenvalue weighted by atomic mass is 9.91. The van der Waals surface area contributed by atoms with Crippen LogP contribution >= 0.6 is 0 Å². The summed E-state index contributed by atoms with van der Waals surface area (Å²) < 4.78 is 53.8. The van der Waals surface area contributed by atoms with Crippen molar-refractivity contribution < 1.29 is 22.4 Å². The third-order valence-electron chi connectivity index (χ3n) is 3.05. The number of hydrogen-bond donors (Lipinski definition) is 0. The zero-order chi connectivity index (χ0) is 13.4. The molecule has 1 nitrogen and oxygen atoms in total. The Morgan fingerprint density at radius 3 is 2.17 bits per heavy atom. The first-order valence-electron chi connectivity index (χ1n) is 5.47. The van der Waals surface area contributed by atoms with E-state index in [0.29, 0.717) is 0 Å². The maximum Gasteiger partial charge on any atom is 0.195 e. The molecule has 0 unspecified atom stereocenters. The largest absolute Gasteiger partial charge is 0.299 e. The van der Waals surface area contributed by atoms with Crippen molar-refractivity contribution in [2.24, 2.45) is 0 Å². The van der Waals surface area contributed by atoms with E-state index in [1.165, 1.54) is 6.08 Å². The molecule has 0 N–H and O–H groups in total. The van der Waals surface area contributed by atoms with Gasteiger partial charge >= 0.3 is 0 Å². The molecule has 0 amide bonds. The minimum atomic E-state index is -1.68. The Morgan fingerprint density at radius 1 is 0.944 bits per heavy atom. The minimum Gasteiger partial charge on any atom is -0.299 e. The molecule has 18 heavy (non-hydrogen) atoms. The lowest BCUT2D eigenvalue weighted by Crippen LogP contribution is -2.09. The van der Waals surface area contributed by atoms with Crippen LogP contribution in [0.5, 0.6) is 0 Å². The number of Topliss-reactive ketones (excluding diaryl/α,β-unsaturated/α-hetero) is 1. The van der Waals surface area contributed by atoms with Gasteiger partial charge < -0.3 is 0 Å². The zero-order valence-electron chi connectivity index (χ0n) is 9.62. The first kappa shape index (κ1) is 12.8. The molecule has 2 rings (SSSR count). The molecule has 1 aromatic rings.